The monoisotopic (exact) mass is 303 g/mol. The molecule has 1 N–H and O–H groups in total. The van der Waals surface area contributed by atoms with Crippen LogP contribution in [0, 0.1) is 5.92 Å². The zero-order valence-electron chi connectivity index (χ0n) is 12.0. The number of aliphatic carboxylic acids is 1. The number of hydrogen-bond donors (Lipinski definition) is 1. The Morgan fingerprint density at radius 2 is 1.85 bits per heavy atom. The third-order valence-electron chi connectivity index (χ3n) is 3.45. The summed E-state index contributed by atoms with van der Waals surface area (Å²) in [5, 5.41) is 8.99. The molecule has 0 atom stereocenters. The molecule has 114 valence electrons. The lowest BCUT2D eigenvalue weighted by Gasteiger charge is -2.31. The van der Waals surface area contributed by atoms with Crippen molar-refractivity contribution in [3.63, 3.8) is 0 Å². The van der Waals surface area contributed by atoms with E-state index in [1.54, 1.807) is 18.7 Å². The van der Waals surface area contributed by atoms with Crippen LogP contribution in [0.15, 0.2) is 0 Å². The second-order valence-corrected chi connectivity index (χ2v) is 6.88. The van der Waals surface area contributed by atoms with Crippen LogP contribution in [-0.2, 0) is 19.1 Å². The van der Waals surface area contributed by atoms with Gasteiger partial charge in [-0.3, -0.25) is 14.4 Å². The van der Waals surface area contributed by atoms with Gasteiger partial charge in [-0.15, -0.1) is 11.8 Å². The van der Waals surface area contributed by atoms with E-state index in [1.807, 2.05) is 0 Å². The van der Waals surface area contributed by atoms with Crippen molar-refractivity contribution in [3.05, 3.63) is 0 Å². The summed E-state index contributed by atoms with van der Waals surface area (Å²) in [6.45, 7) is 4.20. The van der Waals surface area contributed by atoms with Crippen LogP contribution in [0.5, 0.6) is 0 Å². The number of piperidine rings is 1. The summed E-state index contributed by atoms with van der Waals surface area (Å²) >= 11 is 1.12. The van der Waals surface area contributed by atoms with Gasteiger partial charge in [0.05, 0.1) is 18.8 Å². The van der Waals surface area contributed by atoms with Gasteiger partial charge < -0.3 is 14.7 Å². The van der Waals surface area contributed by atoms with E-state index in [0.29, 0.717) is 25.9 Å². The van der Waals surface area contributed by atoms with Crippen molar-refractivity contribution in [3.8, 4) is 0 Å². The van der Waals surface area contributed by atoms with Crippen LogP contribution in [-0.4, -0.2) is 58.6 Å². The van der Waals surface area contributed by atoms with Crippen molar-refractivity contribution in [2.45, 2.75) is 31.4 Å². The van der Waals surface area contributed by atoms with Crippen LogP contribution >= 0.6 is 11.8 Å². The minimum absolute atomic E-state index is 0.0763. The van der Waals surface area contributed by atoms with Crippen molar-refractivity contribution in [1.82, 2.24) is 4.90 Å². The van der Waals surface area contributed by atoms with E-state index >= 15 is 0 Å². The Labute approximate surface area is 122 Å². The molecule has 0 aromatic heterocycles. The van der Waals surface area contributed by atoms with Crippen molar-refractivity contribution in [1.29, 1.82) is 0 Å². The summed E-state index contributed by atoms with van der Waals surface area (Å²) in [6, 6.07) is 0. The SMILES string of the molecule is COC(=O)C1CCN(C(=O)CSC(C)(C)C(=O)O)CC1. The molecule has 20 heavy (non-hydrogen) atoms. The van der Waals surface area contributed by atoms with Crippen molar-refractivity contribution < 1.29 is 24.2 Å². The maximum Gasteiger partial charge on any atom is 0.319 e. The van der Waals surface area contributed by atoms with Crippen LogP contribution in [0.25, 0.3) is 0 Å². The molecule has 1 rings (SSSR count). The zero-order valence-corrected chi connectivity index (χ0v) is 12.9. The summed E-state index contributed by atoms with van der Waals surface area (Å²) in [7, 11) is 1.37. The fourth-order valence-electron chi connectivity index (χ4n) is 1.93. The quantitative estimate of drug-likeness (QED) is 0.763. The molecule has 1 amide bonds. The number of ether oxygens (including phenoxy) is 1. The van der Waals surface area contributed by atoms with Gasteiger partial charge in [0.15, 0.2) is 0 Å². The fraction of sp³-hybridized carbons (Fsp3) is 0.769. The number of hydrogen-bond acceptors (Lipinski definition) is 5. The summed E-state index contributed by atoms with van der Waals surface area (Å²) in [4.78, 5) is 36.0. The molecule has 0 aromatic rings. The molecular weight excluding hydrogens is 282 g/mol. The second-order valence-electron chi connectivity index (χ2n) is 5.28. The number of nitrogens with zero attached hydrogens (tertiary/aromatic N) is 1. The predicted molar refractivity (Wildman–Crippen MR) is 75.5 cm³/mol. The number of carbonyl (C=O) groups is 3. The largest absolute Gasteiger partial charge is 0.480 e. The molecule has 0 saturated carbocycles. The first kappa shape index (κ1) is 16.8. The van der Waals surface area contributed by atoms with Gasteiger partial charge in [0.1, 0.15) is 4.75 Å². The van der Waals surface area contributed by atoms with Gasteiger partial charge in [0.25, 0.3) is 0 Å². The standard InChI is InChI=1S/C13H21NO5S/c1-13(2,12(17)18)20-8-10(15)14-6-4-9(5-7-14)11(16)19-3/h9H,4-8H2,1-3H3,(H,17,18). The van der Waals surface area contributed by atoms with Crippen LogP contribution < -0.4 is 0 Å². The minimum atomic E-state index is -0.972. The average molecular weight is 303 g/mol. The Bertz CT molecular complexity index is 388. The number of esters is 1. The number of methoxy groups -OCH3 is 1. The van der Waals surface area contributed by atoms with Crippen molar-refractivity contribution >= 4 is 29.6 Å². The summed E-state index contributed by atoms with van der Waals surface area (Å²) in [6.07, 6.45) is 1.21. The maximum atomic E-state index is 12.0. The highest BCUT2D eigenvalue weighted by atomic mass is 32.2. The van der Waals surface area contributed by atoms with Gasteiger partial charge in [-0.25, -0.2) is 0 Å². The summed E-state index contributed by atoms with van der Waals surface area (Å²) in [5.41, 5.74) is 0. The molecule has 1 aliphatic rings. The van der Waals surface area contributed by atoms with E-state index < -0.39 is 10.7 Å². The lowest BCUT2D eigenvalue weighted by molar-refractivity contribution is -0.148. The first-order valence-electron chi connectivity index (χ1n) is 6.51. The Hall–Kier alpha value is -1.24. The fourth-order valence-corrected chi connectivity index (χ4v) is 2.72. The third-order valence-corrected chi connectivity index (χ3v) is 4.74. The molecule has 1 heterocycles. The van der Waals surface area contributed by atoms with E-state index in [2.05, 4.69) is 0 Å². The van der Waals surface area contributed by atoms with Crippen molar-refractivity contribution in [2.24, 2.45) is 5.92 Å². The molecule has 0 unspecified atom stereocenters. The number of likely N-dealkylation sites (tertiary alicyclic amines) is 1. The predicted octanol–water partition coefficient (Wildman–Crippen LogP) is 0.994. The number of rotatable bonds is 5. The Morgan fingerprint density at radius 1 is 1.30 bits per heavy atom. The molecule has 1 saturated heterocycles. The molecular formula is C13H21NO5S. The first-order chi connectivity index (χ1) is 9.27. The summed E-state index contributed by atoms with van der Waals surface area (Å²) < 4.78 is 3.72. The molecule has 0 bridgehead atoms. The topological polar surface area (TPSA) is 83.9 Å². The zero-order chi connectivity index (χ0) is 15.3. The highest BCUT2D eigenvalue weighted by molar-refractivity contribution is 8.01. The van der Waals surface area contributed by atoms with E-state index in [4.69, 9.17) is 9.84 Å². The van der Waals surface area contributed by atoms with Gasteiger partial charge >= 0.3 is 11.9 Å². The molecule has 0 aromatic carbocycles. The normalized spacial score (nSPS) is 16.9. The smallest absolute Gasteiger partial charge is 0.319 e. The van der Waals surface area contributed by atoms with Crippen LogP contribution in [0.4, 0.5) is 0 Å². The lowest BCUT2D eigenvalue weighted by atomic mass is 9.97. The second kappa shape index (κ2) is 6.97. The number of carboxylic acids is 1. The molecule has 0 spiro atoms. The molecule has 1 fully saturated rings. The van der Waals surface area contributed by atoms with Gasteiger partial charge in [0, 0.05) is 13.1 Å². The molecule has 7 heteroatoms. The van der Waals surface area contributed by atoms with Gasteiger partial charge in [-0.2, -0.15) is 0 Å². The van der Waals surface area contributed by atoms with E-state index in [-0.39, 0.29) is 23.5 Å². The number of thioether (sulfide) groups is 1. The highest BCUT2D eigenvalue weighted by Crippen LogP contribution is 2.26. The Kier molecular flexibility index (Phi) is 5.86. The van der Waals surface area contributed by atoms with Gasteiger partial charge in [-0.1, -0.05) is 0 Å². The first-order valence-corrected chi connectivity index (χ1v) is 7.49. The Balaban J connectivity index is 2.40. The molecule has 1 aliphatic heterocycles. The summed E-state index contributed by atoms with van der Waals surface area (Å²) in [5.74, 6) is -1.22. The van der Waals surface area contributed by atoms with E-state index in [1.165, 1.54) is 7.11 Å². The number of carboxylic acid groups (broad SMARTS) is 1. The van der Waals surface area contributed by atoms with E-state index in [0.717, 1.165) is 11.8 Å². The van der Waals surface area contributed by atoms with E-state index in [9.17, 15) is 14.4 Å². The molecule has 6 nitrogen and oxygen atoms in total. The Morgan fingerprint density at radius 3 is 2.30 bits per heavy atom. The third kappa shape index (κ3) is 4.40. The minimum Gasteiger partial charge on any atom is -0.480 e. The van der Waals surface area contributed by atoms with Crippen LogP contribution in [0.1, 0.15) is 26.7 Å². The lowest BCUT2D eigenvalue weighted by Crippen LogP contribution is -2.42. The average Bonchev–Trinajstić information content (AvgIpc) is 2.44. The van der Waals surface area contributed by atoms with Crippen molar-refractivity contribution in [2.75, 3.05) is 26.0 Å². The van der Waals surface area contributed by atoms with Gasteiger partial charge in [0.2, 0.25) is 5.91 Å². The maximum absolute atomic E-state index is 12.0. The van der Waals surface area contributed by atoms with Gasteiger partial charge in [-0.05, 0) is 26.7 Å². The molecule has 0 radical (unpaired) electrons. The number of carbonyl (C=O) groups excluding carboxylic acids is 2. The van der Waals surface area contributed by atoms with Crippen LogP contribution in [0.3, 0.4) is 0 Å². The molecule has 0 aliphatic carbocycles. The number of amides is 1. The van der Waals surface area contributed by atoms with Crippen LogP contribution in [0.2, 0.25) is 0 Å². The highest BCUT2D eigenvalue weighted by Gasteiger charge is 2.31.